The average molecular weight is 244 g/mol. The lowest BCUT2D eigenvalue weighted by Gasteiger charge is -2.10. The summed E-state index contributed by atoms with van der Waals surface area (Å²) in [6.45, 7) is 1.19. The van der Waals surface area contributed by atoms with E-state index in [1.807, 2.05) is 36.4 Å². The van der Waals surface area contributed by atoms with Crippen LogP contribution in [0.25, 0.3) is 6.08 Å². The predicted octanol–water partition coefficient (Wildman–Crippen LogP) is 2.01. The first-order chi connectivity index (χ1) is 8.86. The van der Waals surface area contributed by atoms with Crippen LogP contribution in [0.5, 0.6) is 0 Å². The molecular weight excluding hydrogens is 228 g/mol. The van der Waals surface area contributed by atoms with Crippen LogP contribution in [-0.4, -0.2) is 23.2 Å². The van der Waals surface area contributed by atoms with Crippen LogP contribution in [0.4, 0.5) is 0 Å². The van der Waals surface area contributed by atoms with E-state index in [-0.39, 0.29) is 0 Å². The van der Waals surface area contributed by atoms with Crippen LogP contribution in [0.2, 0.25) is 0 Å². The zero-order valence-corrected chi connectivity index (χ0v) is 9.99. The largest absolute Gasteiger partial charge is 0.465 e. The first-order valence-electron chi connectivity index (χ1n) is 5.85. The molecule has 0 aliphatic rings. The molecule has 18 heavy (non-hydrogen) atoms. The zero-order chi connectivity index (χ0) is 12.6. The van der Waals surface area contributed by atoms with Crippen LogP contribution in [-0.2, 0) is 0 Å². The lowest BCUT2D eigenvalue weighted by molar-refractivity contribution is 0.176. The molecule has 2 aromatic heterocycles. The van der Waals surface area contributed by atoms with Crippen molar-refractivity contribution in [3.8, 4) is 0 Å². The van der Waals surface area contributed by atoms with Crippen molar-refractivity contribution >= 4 is 6.08 Å². The van der Waals surface area contributed by atoms with Crippen LogP contribution in [0, 0.1) is 0 Å². The van der Waals surface area contributed by atoms with Gasteiger partial charge in [0.25, 0.3) is 0 Å². The molecule has 0 spiro atoms. The van der Waals surface area contributed by atoms with Crippen molar-refractivity contribution < 1.29 is 9.52 Å². The number of aliphatic hydroxyl groups is 1. The van der Waals surface area contributed by atoms with Gasteiger partial charge in [0.1, 0.15) is 5.76 Å². The number of hydrogen-bond donors (Lipinski definition) is 2. The summed E-state index contributed by atoms with van der Waals surface area (Å²) in [6.07, 6.45) is 8.33. The molecule has 94 valence electrons. The Morgan fingerprint density at radius 1 is 1.33 bits per heavy atom. The molecule has 0 amide bonds. The normalized spacial score (nSPS) is 12.9. The van der Waals surface area contributed by atoms with Crippen LogP contribution in [0.1, 0.15) is 17.4 Å². The van der Waals surface area contributed by atoms with Gasteiger partial charge in [-0.3, -0.25) is 4.98 Å². The molecule has 0 aromatic carbocycles. The fraction of sp³-hybridized carbons (Fsp3) is 0.214. The Labute approximate surface area is 106 Å². The van der Waals surface area contributed by atoms with E-state index in [2.05, 4.69) is 10.3 Å². The van der Waals surface area contributed by atoms with Gasteiger partial charge in [-0.1, -0.05) is 6.08 Å². The van der Waals surface area contributed by atoms with Crippen molar-refractivity contribution in [1.29, 1.82) is 0 Å². The predicted molar refractivity (Wildman–Crippen MR) is 69.8 cm³/mol. The summed E-state index contributed by atoms with van der Waals surface area (Å²) in [5.41, 5.74) is 0.868. The minimum absolute atomic E-state index is 0.506. The SMILES string of the molecule is OC(CNC/C=C/c1ccco1)c1ccncc1. The minimum atomic E-state index is -0.509. The molecule has 0 aliphatic carbocycles. The Morgan fingerprint density at radius 3 is 2.89 bits per heavy atom. The summed E-state index contributed by atoms with van der Waals surface area (Å²) in [5.74, 6) is 0.825. The third-order valence-corrected chi connectivity index (χ3v) is 2.52. The summed E-state index contributed by atoms with van der Waals surface area (Å²) in [6, 6.07) is 7.36. The Hall–Kier alpha value is -1.91. The first kappa shape index (κ1) is 12.5. The molecule has 0 radical (unpaired) electrons. The number of nitrogens with one attached hydrogen (secondary N) is 1. The summed E-state index contributed by atoms with van der Waals surface area (Å²) < 4.78 is 5.16. The summed E-state index contributed by atoms with van der Waals surface area (Å²) in [5, 5.41) is 13.0. The highest BCUT2D eigenvalue weighted by Crippen LogP contribution is 2.09. The average Bonchev–Trinajstić information content (AvgIpc) is 2.92. The Kier molecular flexibility index (Phi) is 4.69. The number of rotatable bonds is 6. The van der Waals surface area contributed by atoms with Gasteiger partial charge in [-0.05, 0) is 35.9 Å². The van der Waals surface area contributed by atoms with E-state index in [4.69, 9.17) is 4.42 Å². The fourth-order valence-corrected chi connectivity index (χ4v) is 1.57. The Bertz CT molecular complexity index is 466. The molecule has 1 unspecified atom stereocenters. The van der Waals surface area contributed by atoms with Crippen molar-refractivity contribution in [2.45, 2.75) is 6.10 Å². The van der Waals surface area contributed by atoms with Gasteiger partial charge in [-0.2, -0.15) is 0 Å². The second kappa shape index (κ2) is 6.74. The highest BCUT2D eigenvalue weighted by atomic mass is 16.3. The number of nitrogens with zero attached hydrogens (tertiary/aromatic N) is 1. The molecule has 2 N–H and O–H groups in total. The van der Waals surface area contributed by atoms with E-state index in [1.54, 1.807) is 18.7 Å². The number of hydrogen-bond acceptors (Lipinski definition) is 4. The van der Waals surface area contributed by atoms with Crippen molar-refractivity contribution in [3.63, 3.8) is 0 Å². The van der Waals surface area contributed by atoms with Crippen LogP contribution in [0.3, 0.4) is 0 Å². The summed E-state index contributed by atoms with van der Waals surface area (Å²) in [4.78, 5) is 3.91. The molecule has 1 atom stereocenters. The van der Waals surface area contributed by atoms with Gasteiger partial charge in [0, 0.05) is 25.5 Å². The van der Waals surface area contributed by atoms with Crippen LogP contribution < -0.4 is 5.32 Å². The Morgan fingerprint density at radius 2 is 2.17 bits per heavy atom. The van der Waals surface area contributed by atoms with Gasteiger partial charge >= 0.3 is 0 Å². The molecule has 4 nitrogen and oxygen atoms in total. The molecule has 0 saturated heterocycles. The van der Waals surface area contributed by atoms with Gasteiger partial charge in [-0.15, -0.1) is 0 Å². The van der Waals surface area contributed by atoms with Crippen molar-refractivity contribution in [2.24, 2.45) is 0 Å². The molecule has 4 heteroatoms. The molecular formula is C14H16N2O2. The van der Waals surface area contributed by atoms with E-state index >= 15 is 0 Å². The first-order valence-corrected chi connectivity index (χ1v) is 5.85. The summed E-state index contributed by atoms with van der Waals surface area (Å²) in [7, 11) is 0. The van der Waals surface area contributed by atoms with Crippen molar-refractivity contribution in [3.05, 3.63) is 60.3 Å². The second-order valence-electron chi connectivity index (χ2n) is 3.87. The molecule has 2 heterocycles. The maximum atomic E-state index is 9.87. The molecule has 0 aliphatic heterocycles. The highest BCUT2D eigenvalue weighted by molar-refractivity contribution is 5.42. The number of pyridine rings is 1. The number of aliphatic hydroxyl groups excluding tert-OH is 1. The maximum absolute atomic E-state index is 9.87. The molecule has 2 aromatic rings. The van der Waals surface area contributed by atoms with E-state index in [9.17, 15) is 5.11 Å². The highest BCUT2D eigenvalue weighted by Gasteiger charge is 2.04. The maximum Gasteiger partial charge on any atom is 0.126 e. The van der Waals surface area contributed by atoms with Crippen LogP contribution >= 0.6 is 0 Å². The standard InChI is InChI=1S/C14H16N2O2/c17-14(12-5-8-15-9-6-12)11-16-7-1-3-13-4-2-10-18-13/h1-6,8-10,14,16-17H,7,11H2/b3-1+. The van der Waals surface area contributed by atoms with Crippen LogP contribution in [0.15, 0.2) is 53.4 Å². The van der Waals surface area contributed by atoms with E-state index in [0.717, 1.165) is 11.3 Å². The van der Waals surface area contributed by atoms with E-state index in [0.29, 0.717) is 13.1 Å². The van der Waals surface area contributed by atoms with Gasteiger partial charge < -0.3 is 14.8 Å². The topological polar surface area (TPSA) is 58.3 Å². The van der Waals surface area contributed by atoms with Gasteiger partial charge in [0.05, 0.1) is 12.4 Å². The number of furan rings is 1. The van der Waals surface area contributed by atoms with Crippen molar-refractivity contribution in [1.82, 2.24) is 10.3 Å². The minimum Gasteiger partial charge on any atom is -0.465 e. The molecule has 0 saturated carbocycles. The molecule has 2 rings (SSSR count). The summed E-state index contributed by atoms with van der Waals surface area (Å²) >= 11 is 0. The third kappa shape index (κ3) is 3.84. The van der Waals surface area contributed by atoms with Crippen molar-refractivity contribution in [2.75, 3.05) is 13.1 Å². The lowest BCUT2D eigenvalue weighted by atomic mass is 10.1. The van der Waals surface area contributed by atoms with Gasteiger partial charge in [-0.25, -0.2) is 0 Å². The second-order valence-corrected chi connectivity index (χ2v) is 3.87. The van der Waals surface area contributed by atoms with Gasteiger partial charge in [0.2, 0.25) is 0 Å². The smallest absolute Gasteiger partial charge is 0.126 e. The van der Waals surface area contributed by atoms with Gasteiger partial charge in [0.15, 0.2) is 0 Å². The molecule has 0 bridgehead atoms. The number of aromatic nitrogens is 1. The van der Waals surface area contributed by atoms with E-state index < -0.39 is 6.10 Å². The lowest BCUT2D eigenvalue weighted by Crippen LogP contribution is -2.21. The zero-order valence-electron chi connectivity index (χ0n) is 9.99. The Balaban J connectivity index is 1.69. The fourth-order valence-electron chi connectivity index (χ4n) is 1.57. The quantitative estimate of drug-likeness (QED) is 0.763. The molecule has 0 fully saturated rings. The monoisotopic (exact) mass is 244 g/mol. The van der Waals surface area contributed by atoms with E-state index in [1.165, 1.54) is 0 Å². The third-order valence-electron chi connectivity index (χ3n) is 2.52.